The molecule has 4 heteroatoms. The Morgan fingerprint density at radius 3 is 2.64 bits per heavy atom. The van der Waals surface area contributed by atoms with Gasteiger partial charge in [-0.15, -0.1) is 6.58 Å². The molecular weight excluding hydrogens is 276 g/mol. The zero-order valence-electron chi connectivity index (χ0n) is 12.5. The first kappa shape index (κ1) is 14.2. The Hall–Kier alpha value is -2.75. The van der Waals surface area contributed by atoms with E-state index >= 15 is 0 Å². The predicted molar refractivity (Wildman–Crippen MR) is 87.0 cm³/mol. The lowest BCUT2D eigenvalue weighted by atomic mass is 10.0. The van der Waals surface area contributed by atoms with Crippen molar-refractivity contribution >= 4 is 11.6 Å². The Bertz CT molecular complexity index is 694. The van der Waals surface area contributed by atoms with Gasteiger partial charge in [-0.25, -0.2) is 0 Å². The first-order chi connectivity index (χ1) is 10.7. The highest BCUT2D eigenvalue weighted by Gasteiger charge is 2.31. The van der Waals surface area contributed by atoms with Gasteiger partial charge in [-0.1, -0.05) is 30.3 Å². The fourth-order valence-electron chi connectivity index (χ4n) is 2.67. The quantitative estimate of drug-likeness (QED) is 0.878. The van der Waals surface area contributed by atoms with Gasteiger partial charge in [0.05, 0.1) is 12.7 Å². The molecule has 1 amide bonds. The van der Waals surface area contributed by atoms with Crippen LogP contribution in [0.2, 0.25) is 0 Å². The summed E-state index contributed by atoms with van der Waals surface area (Å²) in [5.74, 6) is 0.802. The van der Waals surface area contributed by atoms with Crippen LogP contribution in [-0.2, 0) is 0 Å². The fourth-order valence-corrected chi connectivity index (χ4v) is 2.67. The number of fused-ring (bicyclic) bond motifs is 1. The Morgan fingerprint density at radius 2 is 1.95 bits per heavy atom. The molecule has 0 saturated carbocycles. The summed E-state index contributed by atoms with van der Waals surface area (Å²) in [5.41, 5.74) is 2.55. The van der Waals surface area contributed by atoms with E-state index in [0.29, 0.717) is 12.1 Å². The topological polar surface area (TPSA) is 41.6 Å². The summed E-state index contributed by atoms with van der Waals surface area (Å²) in [6, 6.07) is 15.3. The first-order valence-corrected chi connectivity index (χ1v) is 7.16. The number of benzene rings is 2. The van der Waals surface area contributed by atoms with Gasteiger partial charge in [0.25, 0.3) is 5.91 Å². The number of carbonyl (C=O) groups is 1. The van der Waals surface area contributed by atoms with Crippen LogP contribution in [-0.4, -0.2) is 24.5 Å². The van der Waals surface area contributed by atoms with Crippen LogP contribution in [0.3, 0.4) is 0 Å². The van der Waals surface area contributed by atoms with Gasteiger partial charge in [-0.3, -0.25) is 4.79 Å². The van der Waals surface area contributed by atoms with Gasteiger partial charge in [0.2, 0.25) is 0 Å². The normalized spacial score (nSPS) is 16.7. The van der Waals surface area contributed by atoms with Crippen molar-refractivity contribution in [2.45, 2.75) is 6.17 Å². The lowest BCUT2D eigenvalue weighted by molar-refractivity contribution is 0.0707. The smallest absolute Gasteiger partial charge is 0.258 e. The van der Waals surface area contributed by atoms with Gasteiger partial charge in [-0.05, 0) is 29.8 Å². The molecule has 1 atom stereocenters. The standard InChI is InChI=1S/C18H18N2O2/c1-3-12-20-17(13-8-10-14(22-2)11-9-13)19-16-7-5-4-6-15(16)18(20)21/h3-11,17,19H,1,12H2,2H3. The number of hydrogen-bond donors (Lipinski definition) is 1. The van der Waals surface area contributed by atoms with E-state index in [-0.39, 0.29) is 12.1 Å². The monoisotopic (exact) mass is 294 g/mol. The van der Waals surface area contributed by atoms with Crippen LogP contribution in [0, 0.1) is 0 Å². The zero-order chi connectivity index (χ0) is 15.5. The summed E-state index contributed by atoms with van der Waals surface area (Å²) in [7, 11) is 1.64. The van der Waals surface area contributed by atoms with E-state index in [2.05, 4.69) is 11.9 Å². The predicted octanol–water partition coefficient (Wildman–Crippen LogP) is 3.45. The summed E-state index contributed by atoms with van der Waals surface area (Å²) in [6.07, 6.45) is 1.52. The van der Waals surface area contributed by atoms with Crippen molar-refractivity contribution in [1.29, 1.82) is 0 Å². The largest absolute Gasteiger partial charge is 0.497 e. The molecule has 0 bridgehead atoms. The lowest BCUT2D eigenvalue weighted by Crippen LogP contribution is -2.42. The van der Waals surface area contributed by atoms with Gasteiger partial charge in [-0.2, -0.15) is 0 Å². The highest BCUT2D eigenvalue weighted by Crippen LogP contribution is 2.33. The minimum absolute atomic E-state index is 0.00932. The molecule has 0 fully saturated rings. The molecule has 4 nitrogen and oxygen atoms in total. The van der Waals surface area contributed by atoms with Crippen molar-refractivity contribution < 1.29 is 9.53 Å². The minimum Gasteiger partial charge on any atom is -0.497 e. The molecule has 1 heterocycles. The number of methoxy groups -OCH3 is 1. The van der Waals surface area contributed by atoms with Gasteiger partial charge < -0.3 is 15.0 Å². The van der Waals surface area contributed by atoms with Crippen LogP contribution < -0.4 is 10.1 Å². The highest BCUT2D eigenvalue weighted by molar-refractivity contribution is 6.01. The molecule has 2 aromatic carbocycles. The number of anilines is 1. The molecule has 3 rings (SSSR count). The highest BCUT2D eigenvalue weighted by atomic mass is 16.5. The summed E-state index contributed by atoms with van der Waals surface area (Å²) in [4.78, 5) is 14.5. The van der Waals surface area contributed by atoms with Gasteiger partial charge >= 0.3 is 0 Å². The van der Waals surface area contributed by atoms with Crippen molar-refractivity contribution in [1.82, 2.24) is 4.90 Å². The van der Waals surface area contributed by atoms with E-state index in [9.17, 15) is 4.79 Å². The molecule has 22 heavy (non-hydrogen) atoms. The zero-order valence-corrected chi connectivity index (χ0v) is 12.5. The van der Waals surface area contributed by atoms with Gasteiger partial charge in [0.1, 0.15) is 11.9 Å². The molecule has 112 valence electrons. The first-order valence-electron chi connectivity index (χ1n) is 7.16. The second-order valence-electron chi connectivity index (χ2n) is 5.11. The van der Waals surface area contributed by atoms with Gasteiger partial charge in [0.15, 0.2) is 0 Å². The maximum absolute atomic E-state index is 12.7. The molecule has 1 aliphatic heterocycles. The Labute approximate surface area is 130 Å². The third kappa shape index (κ3) is 2.44. The average molecular weight is 294 g/mol. The summed E-state index contributed by atoms with van der Waals surface area (Å²) in [5, 5.41) is 3.43. The molecule has 1 N–H and O–H groups in total. The van der Waals surface area contributed by atoms with E-state index < -0.39 is 0 Å². The Balaban J connectivity index is 2.00. The molecule has 0 aromatic heterocycles. The maximum atomic E-state index is 12.7. The number of hydrogen-bond acceptors (Lipinski definition) is 3. The van der Waals surface area contributed by atoms with E-state index in [4.69, 9.17) is 4.74 Å². The second kappa shape index (κ2) is 5.93. The van der Waals surface area contributed by atoms with Crippen LogP contribution in [0.4, 0.5) is 5.69 Å². The lowest BCUT2D eigenvalue weighted by Gasteiger charge is -2.37. The number of rotatable bonds is 4. The molecule has 0 aliphatic carbocycles. The molecular formula is C18H18N2O2. The number of carbonyl (C=O) groups excluding carboxylic acids is 1. The summed E-state index contributed by atoms with van der Waals surface area (Å²) < 4.78 is 5.19. The molecule has 2 aromatic rings. The van der Waals surface area contributed by atoms with Crippen molar-refractivity contribution in [3.05, 3.63) is 72.3 Å². The van der Waals surface area contributed by atoms with Crippen molar-refractivity contribution in [3.8, 4) is 5.75 Å². The Morgan fingerprint density at radius 1 is 1.23 bits per heavy atom. The molecule has 0 saturated heterocycles. The third-order valence-electron chi connectivity index (χ3n) is 3.78. The van der Waals surface area contributed by atoms with E-state index in [1.54, 1.807) is 18.1 Å². The van der Waals surface area contributed by atoms with Crippen LogP contribution in [0.25, 0.3) is 0 Å². The number of para-hydroxylation sites is 1. The molecule has 0 radical (unpaired) electrons. The van der Waals surface area contributed by atoms with Gasteiger partial charge in [0, 0.05) is 12.2 Å². The summed E-state index contributed by atoms with van der Waals surface area (Å²) >= 11 is 0. The average Bonchev–Trinajstić information content (AvgIpc) is 2.57. The SMILES string of the molecule is C=CCN1C(=O)c2ccccc2NC1c1ccc(OC)cc1. The van der Waals surface area contributed by atoms with Crippen LogP contribution in [0.1, 0.15) is 22.1 Å². The summed E-state index contributed by atoms with van der Waals surface area (Å²) in [6.45, 7) is 4.24. The third-order valence-corrected chi connectivity index (χ3v) is 3.78. The number of nitrogens with zero attached hydrogens (tertiary/aromatic N) is 1. The van der Waals surface area contributed by atoms with E-state index in [1.165, 1.54) is 0 Å². The van der Waals surface area contributed by atoms with E-state index in [0.717, 1.165) is 17.0 Å². The maximum Gasteiger partial charge on any atom is 0.258 e. The molecule has 1 aliphatic rings. The Kier molecular flexibility index (Phi) is 3.83. The minimum atomic E-state index is -0.216. The van der Waals surface area contributed by atoms with Crippen LogP contribution in [0.15, 0.2) is 61.2 Å². The number of ether oxygens (including phenoxy) is 1. The molecule has 1 unspecified atom stereocenters. The van der Waals surface area contributed by atoms with Crippen molar-refractivity contribution in [3.63, 3.8) is 0 Å². The number of amides is 1. The van der Waals surface area contributed by atoms with Crippen molar-refractivity contribution in [2.75, 3.05) is 19.0 Å². The van der Waals surface area contributed by atoms with Crippen LogP contribution >= 0.6 is 0 Å². The van der Waals surface area contributed by atoms with Crippen molar-refractivity contribution in [2.24, 2.45) is 0 Å². The second-order valence-corrected chi connectivity index (χ2v) is 5.11. The number of nitrogens with one attached hydrogen (secondary N) is 1. The fraction of sp³-hybridized carbons (Fsp3) is 0.167. The van der Waals surface area contributed by atoms with E-state index in [1.807, 2.05) is 48.5 Å². The van der Waals surface area contributed by atoms with Crippen LogP contribution in [0.5, 0.6) is 5.75 Å². The molecule has 0 spiro atoms.